The van der Waals surface area contributed by atoms with Gasteiger partial charge in [0.25, 0.3) is 5.91 Å². The highest BCUT2D eigenvalue weighted by Crippen LogP contribution is 2.25. The van der Waals surface area contributed by atoms with Gasteiger partial charge in [0, 0.05) is 30.4 Å². The molecule has 1 amide bonds. The summed E-state index contributed by atoms with van der Waals surface area (Å²) >= 11 is 1.35. The van der Waals surface area contributed by atoms with Crippen LogP contribution in [0.1, 0.15) is 10.4 Å². The molecule has 21 heavy (non-hydrogen) atoms. The van der Waals surface area contributed by atoms with Crippen molar-refractivity contribution < 1.29 is 4.79 Å². The standard InChI is InChI=1S/C13H12N6OS/c1-19-11(14)9(6-16-19)12(20)18-13-17-10(7-21-13)8-2-4-15-5-3-8/h2-7H,14H2,1H3,(H,17,18,20). The highest BCUT2D eigenvalue weighted by Gasteiger charge is 2.15. The predicted octanol–water partition coefficient (Wildman–Crippen LogP) is 1.77. The molecule has 8 heteroatoms. The van der Waals surface area contributed by atoms with Crippen molar-refractivity contribution in [3.05, 3.63) is 41.7 Å². The van der Waals surface area contributed by atoms with Crippen LogP contribution in [-0.2, 0) is 7.05 Å². The number of nitrogens with zero attached hydrogens (tertiary/aromatic N) is 4. The molecule has 0 aliphatic rings. The summed E-state index contributed by atoms with van der Waals surface area (Å²) in [6.45, 7) is 0. The molecule has 0 atom stereocenters. The first kappa shape index (κ1) is 13.3. The third-order valence-electron chi connectivity index (χ3n) is 2.93. The minimum absolute atomic E-state index is 0.318. The van der Waals surface area contributed by atoms with Gasteiger partial charge < -0.3 is 5.73 Å². The summed E-state index contributed by atoms with van der Waals surface area (Å²) in [4.78, 5) is 20.4. The topological polar surface area (TPSA) is 98.7 Å². The summed E-state index contributed by atoms with van der Waals surface area (Å²) in [7, 11) is 1.68. The zero-order valence-electron chi connectivity index (χ0n) is 11.1. The first-order valence-corrected chi connectivity index (χ1v) is 6.98. The largest absolute Gasteiger partial charge is 0.383 e. The maximum Gasteiger partial charge on any atom is 0.262 e. The molecule has 3 aromatic heterocycles. The summed E-state index contributed by atoms with van der Waals surface area (Å²) in [5.41, 5.74) is 7.84. The maximum atomic E-state index is 12.1. The Kier molecular flexibility index (Phi) is 3.36. The quantitative estimate of drug-likeness (QED) is 0.768. The Balaban J connectivity index is 1.79. The molecule has 106 valence electrons. The van der Waals surface area contributed by atoms with Crippen LogP contribution in [0.15, 0.2) is 36.1 Å². The summed E-state index contributed by atoms with van der Waals surface area (Å²) in [5, 5.41) is 9.04. The van der Waals surface area contributed by atoms with E-state index < -0.39 is 0 Å². The van der Waals surface area contributed by atoms with Gasteiger partial charge in [0.2, 0.25) is 0 Å². The monoisotopic (exact) mass is 300 g/mol. The van der Waals surface area contributed by atoms with Crippen molar-refractivity contribution in [2.45, 2.75) is 0 Å². The number of nitrogens with two attached hydrogens (primary N) is 1. The van der Waals surface area contributed by atoms with E-state index in [0.717, 1.165) is 11.3 Å². The number of hydrogen-bond acceptors (Lipinski definition) is 6. The van der Waals surface area contributed by atoms with Gasteiger partial charge >= 0.3 is 0 Å². The lowest BCUT2D eigenvalue weighted by Gasteiger charge is -2.00. The average molecular weight is 300 g/mol. The van der Waals surface area contributed by atoms with E-state index in [1.54, 1.807) is 19.4 Å². The third kappa shape index (κ3) is 2.61. The van der Waals surface area contributed by atoms with Crippen LogP contribution in [0.2, 0.25) is 0 Å². The molecule has 7 nitrogen and oxygen atoms in total. The Morgan fingerprint density at radius 3 is 2.81 bits per heavy atom. The zero-order chi connectivity index (χ0) is 14.8. The summed E-state index contributed by atoms with van der Waals surface area (Å²) < 4.78 is 1.44. The molecular formula is C13H12N6OS. The van der Waals surface area contributed by atoms with Crippen molar-refractivity contribution in [3.63, 3.8) is 0 Å². The minimum atomic E-state index is -0.323. The number of nitrogen functional groups attached to an aromatic ring is 1. The minimum Gasteiger partial charge on any atom is -0.383 e. The van der Waals surface area contributed by atoms with Gasteiger partial charge in [-0.1, -0.05) is 0 Å². The fourth-order valence-corrected chi connectivity index (χ4v) is 2.49. The molecule has 3 N–H and O–H groups in total. The molecular weight excluding hydrogens is 288 g/mol. The summed E-state index contributed by atoms with van der Waals surface area (Å²) in [6.07, 6.45) is 4.83. The van der Waals surface area contributed by atoms with Gasteiger partial charge in [0.05, 0.1) is 11.9 Å². The number of aryl methyl sites for hydroxylation is 1. The molecule has 0 fully saturated rings. The maximum absolute atomic E-state index is 12.1. The smallest absolute Gasteiger partial charge is 0.262 e. The number of rotatable bonds is 3. The van der Waals surface area contributed by atoms with Crippen LogP contribution < -0.4 is 11.1 Å². The lowest BCUT2D eigenvalue weighted by atomic mass is 10.2. The SMILES string of the molecule is Cn1ncc(C(=O)Nc2nc(-c3ccncc3)cs2)c1N. The van der Waals surface area contributed by atoms with E-state index in [2.05, 4.69) is 20.4 Å². The van der Waals surface area contributed by atoms with Crippen LogP contribution in [0.25, 0.3) is 11.3 Å². The van der Waals surface area contributed by atoms with E-state index in [4.69, 9.17) is 5.73 Å². The molecule has 0 aliphatic heterocycles. The Hall–Kier alpha value is -2.74. The van der Waals surface area contributed by atoms with E-state index in [-0.39, 0.29) is 5.91 Å². The van der Waals surface area contributed by atoms with Gasteiger partial charge in [-0.3, -0.25) is 19.8 Å². The van der Waals surface area contributed by atoms with E-state index in [9.17, 15) is 4.79 Å². The van der Waals surface area contributed by atoms with Crippen LogP contribution in [0.4, 0.5) is 10.9 Å². The summed E-state index contributed by atoms with van der Waals surface area (Å²) in [5.74, 6) is -0.00496. The van der Waals surface area contributed by atoms with Crippen molar-refractivity contribution >= 4 is 28.2 Å². The molecule has 0 spiro atoms. The predicted molar refractivity (Wildman–Crippen MR) is 80.9 cm³/mol. The highest BCUT2D eigenvalue weighted by atomic mass is 32.1. The van der Waals surface area contributed by atoms with Gasteiger partial charge in [-0.2, -0.15) is 5.10 Å². The molecule has 3 rings (SSSR count). The third-order valence-corrected chi connectivity index (χ3v) is 3.69. The Morgan fingerprint density at radius 2 is 2.14 bits per heavy atom. The normalized spacial score (nSPS) is 10.5. The second-order valence-corrected chi connectivity index (χ2v) is 5.15. The number of anilines is 2. The van der Waals surface area contributed by atoms with Crippen molar-refractivity contribution in [3.8, 4) is 11.3 Å². The van der Waals surface area contributed by atoms with Gasteiger partial charge in [0.15, 0.2) is 5.13 Å². The number of amides is 1. The first-order valence-electron chi connectivity index (χ1n) is 6.10. The fourth-order valence-electron chi connectivity index (χ4n) is 1.77. The van der Waals surface area contributed by atoms with Gasteiger partial charge in [-0.25, -0.2) is 4.98 Å². The zero-order valence-corrected chi connectivity index (χ0v) is 12.0. The van der Waals surface area contributed by atoms with Gasteiger partial charge in [0.1, 0.15) is 11.4 Å². The molecule has 3 heterocycles. The van der Waals surface area contributed by atoms with Crippen LogP contribution in [-0.4, -0.2) is 25.7 Å². The Bertz CT molecular complexity index is 779. The number of pyridine rings is 1. The number of hydrogen-bond donors (Lipinski definition) is 2. The lowest BCUT2D eigenvalue weighted by Crippen LogP contribution is -2.13. The molecule has 3 aromatic rings. The molecule has 0 unspecified atom stereocenters. The van der Waals surface area contributed by atoms with Gasteiger partial charge in [-0.15, -0.1) is 11.3 Å². The van der Waals surface area contributed by atoms with Crippen LogP contribution in [0.3, 0.4) is 0 Å². The number of carbonyl (C=O) groups excluding carboxylic acids is 1. The number of nitrogens with one attached hydrogen (secondary N) is 1. The molecule has 0 saturated heterocycles. The highest BCUT2D eigenvalue weighted by molar-refractivity contribution is 7.14. The Morgan fingerprint density at radius 1 is 1.38 bits per heavy atom. The van der Waals surface area contributed by atoms with Crippen molar-refractivity contribution in [1.29, 1.82) is 0 Å². The average Bonchev–Trinajstić information content (AvgIpc) is 3.08. The van der Waals surface area contributed by atoms with E-state index in [0.29, 0.717) is 16.5 Å². The van der Waals surface area contributed by atoms with Crippen LogP contribution in [0.5, 0.6) is 0 Å². The van der Waals surface area contributed by atoms with E-state index in [1.165, 1.54) is 22.2 Å². The lowest BCUT2D eigenvalue weighted by molar-refractivity contribution is 0.102. The number of aromatic nitrogens is 4. The first-order chi connectivity index (χ1) is 10.1. The van der Waals surface area contributed by atoms with Crippen LogP contribution >= 0.6 is 11.3 Å². The van der Waals surface area contributed by atoms with Crippen molar-refractivity contribution in [2.75, 3.05) is 11.1 Å². The van der Waals surface area contributed by atoms with Crippen molar-refractivity contribution in [1.82, 2.24) is 19.7 Å². The molecule has 0 aliphatic carbocycles. The number of carbonyl (C=O) groups is 1. The van der Waals surface area contributed by atoms with Crippen molar-refractivity contribution in [2.24, 2.45) is 7.05 Å². The Labute approximate surface area is 124 Å². The fraction of sp³-hybridized carbons (Fsp3) is 0.0769. The second kappa shape index (κ2) is 5.33. The van der Waals surface area contributed by atoms with E-state index >= 15 is 0 Å². The molecule has 0 radical (unpaired) electrons. The number of thiazole rings is 1. The summed E-state index contributed by atoms with van der Waals surface area (Å²) in [6, 6.07) is 3.72. The molecule has 0 saturated carbocycles. The van der Waals surface area contributed by atoms with E-state index in [1.807, 2.05) is 17.5 Å². The van der Waals surface area contributed by atoms with Gasteiger partial charge in [-0.05, 0) is 12.1 Å². The van der Waals surface area contributed by atoms with Crippen LogP contribution in [0, 0.1) is 0 Å². The molecule has 0 aromatic carbocycles. The second-order valence-electron chi connectivity index (χ2n) is 4.30. The molecule has 0 bridgehead atoms.